The van der Waals surface area contributed by atoms with Gasteiger partial charge < -0.3 is 15.7 Å². The van der Waals surface area contributed by atoms with Crippen LogP contribution in [-0.4, -0.2) is 34.5 Å². The average molecular weight is 294 g/mol. The number of anilines is 1. The van der Waals surface area contributed by atoms with Gasteiger partial charge in [0.2, 0.25) is 0 Å². The Labute approximate surface area is 122 Å². The number of nitrogens with zero attached hydrogens (tertiary/aromatic N) is 1. The molecule has 1 amide bonds. The van der Waals surface area contributed by atoms with Gasteiger partial charge in [0.1, 0.15) is 11.9 Å². The van der Waals surface area contributed by atoms with Crippen molar-refractivity contribution in [2.45, 2.75) is 32.7 Å². The standard InChI is InChI=1S/C15H19FN2O3/c1-15(2)7-4-8-18(12(15)14(20)21)13(19)9-5-3-6-10(16)11(9)17/h3,5-6,12H,4,7-8,17H2,1-2H3,(H,20,21). The van der Waals surface area contributed by atoms with E-state index in [2.05, 4.69) is 0 Å². The van der Waals surface area contributed by atoms with E-state index in [9.17, 15) is 19.1 Å². The second kappa shape index (κ2) is 5.35. The maximum Gasteiger partial charge on any atom is 0.326 e. The van der Waals surface area contributed by atoms with Crippen LogP contribution in [0.4, 0.5) is 10.1 Å². The summed E-state index contributed by atoms with van der Waals surface area (Å²) in [4.78, 5) is 25.4. The van der Waals surface area contributed by atoms with E-state index >= 15 is 0 Å². The number of carbonyl (C=O) groups is 2. The molecule has 1 aliphatic rings. The molecule has 1 aromatic carbocycles. The van der Waals surface area contributed by atoms with E-state index < -0.39 is 29.2 Å². The number of carbonyl (C=O) groups excluding carboxylic acids is 1. The molecule has 1 heterocycles. The number of nitrogen functional groups attached to an aromatic ring is 1. The van der Waals surface area contributed by atoms with Gasteiger partial charge >= 0.3 is 5.97 Å². The highest BCUT2D eigenvalue weighted by molar-refractivity contribution is 6.01. The predicted molar refractivity (Wildman–Crippen MR) is 76.3 cm³/mol. The average Bonchev–Trinajstić information content (AvgIpc) is 2.39. The van der Waals surface area contributed by atoms with Gasteiger partial charge in [-0.15, -0.1) is 0 Å². The van der Waals surface area contributed by atoms with E-state index in [1.807, 2.05) is 13.8 Å². The highest BCUT2D eigenvalue weighted by atomic mass is 19.1. The van der Waals surface area contributed by atoms with Crippen molar-refractivity contribution in [1.29, 1.82) is 0 Å². The summed E-state index contributed by atoms with van der Waals surface area (Å²) < 4.78 is 13.5. The van der Waals surface area contributed by atoms with Crippen molar-refractivity contribution in [3.8, 4) is 0 Å². The molecule has 1 atom stereocenters. The highest BCUT2D eigenvalue weighted by Gasteiger charge is 2.44. The SMILES string of the molecule is CC1(C)CCCN(C(=O)c2cccc(F)c2N)C1C(=O)O. The van der Waals surface area contributed by atoms with E-state index in [-0.39, 0.29) is 11.3 Å². The maximum atomic E-state index is 13.5. The van der Waals surface area contributed by atoms with E-state index in [4.69, 9.17) is 5.73 Å². The van der Waals surface area contributed by atoms with Crippen molar-refractivity contribution in [2.24, 2.45) is 5.41 Å². The Morgan fingerprint density at radius 2 is 2.10 bits per heavy atom. The lowest BCUT2D eigenvalue weighted by atomic mass is 9.76. The molecule has 3 N–H and O–H groups in total. The molecule has 114 valence electrons. The summed E-state index contributed by atoms with van der Waals surface area (Å²) in [6, 6.07) is 3.04. The van der Waals surface area contributed by atoms with Gasteiger partial charge in [-0.2, -0.15) is 0 Å². The number of likely N-dealkylation sites (tertiary alicyclic amines) is 1. The van der Waals surface area contributed by atoms with Gasteiger partial charge in [0.15, 0.2) is 0 Å². The number of rotatable bonds is 2. The van der Waals surface area contributed by atoms with Crippen molar-refractivity contribution < 1.29 is 19.1 Å². The molecule has 1 aliphatic heterocycles. The Hall–Kier alpha value is -2.11. The minimum Gasteiger partial charge on any atom is -0.480 e. The maximum absolute atomic E-state index is 13.5. The van der Waals surface area contributed by atoms with Gasteiger partial charge in [-0.05, 0) is 30.4 Å². The van der Waals surface area contributed by atoms with Crippen LogP contribution >= 0.6 is 0 Å². The summed E-state index contributed by atoms with van der Waals surface area (Å²) in [6.07, 6.45) is 1.42. The smallest absolute Gasteiger partial charge is 0.326 e. The molecule has 6 heteroatoms. The number of carboxylic acids is 1. The molecule has 1 aromatic rings. The fraction of sp³-hybridized carbons (Fsp3) is 0.467. The van der Waals surface area contributed by atoms with Crippen molar-refractivity contribution in [1.82, 2.24) is 4.90 Å². The number of hydrogen-bond acceptors (Lipinski definition) is 3. The first-order valence-corrected chi connectivity index (χ1v) is 6.83. The number of halogens is 1. The fourth-order valence-corrected chi connectivity index (χ4v) is 2.96. The second-order valence-corrected chi connectivity index (χ2v) is 6.03. The zero-order valence-corrected chi connectivity index (χ0v) is 12.1. The largest absolute Gasteiger partial charge is 0.480 e. The minimum absolute atomic E-state index is 0.0129. The monoisotopic (exact) mass is 294 g/mol. The number of hydrogen-bond donors (Lipinski definition) is 2. The van der Waals surface area contributed by atoms with Gasteiger partial charge in [-0.1, -0.05) is 19.9 Å². The van der Waals surface area contributed by atoms with Crippen LogP contribution in [0, 0.1) is 11.2 Å². The van der Waals surface area contributed by atoms with Gasteiger partial charge in [0, 0.05) is 6.54 Å². The van der Waals surface area contributed by atoms with Crippen LogP contribution in [0.3, 0.4) is 0 Å². The molecule has 0 aromatic heterocycles. The fourth-order valence-electron chi connectivity index (χ4n) is 2.96. The molecule has 2 rings (SSSR count). The molecule has 5 nitrogen and oxygen atoms in total. The molecule has 0 saturated carbocycles. The first-order chi connectivity index (χ1) is 9.75. The van der Waals surface area contributed by atoms with Crippen molar-refractivity contribution in [2.75, 3.05) is 12.3 Å². The number of aliphatic carboxylic acids is 1. The third-order valence-electron chi connectivity index (χ3n) is 4.05. The van der Waals surface area contributed by atoms with Crippen LogP contribution in [0.2, 0.25) is 0 Å². The number of piperidine rings is 1. The Bertz CT molecular complexity index is 586. The molecule has 0 radical (unpaired) electrons. The third kappa shape index (κ3) is 2.70. The van der Waals surface area contributed by atoms with Gasteiger partial charge in [0.25, 0.3) is 5.91 Å². The summed E-state index contributed by atoms with van der Waals surface area (Å²) in [6.45, 7) is 3.97. The van der Waals surface area contributed by atoms with Crippen LogP contribution in [0.15, 0.2) is 18.2 Å². The van der Waals surface area contributed by atoms with Crippen molar-refractivity contribution in [3.63, 3.8) is 0 Å². The molecule has 1 fully saturated rings. The Balaban J connectivity index is 2.41. The number of nitrogens with two attached hydrogens (primary N) is 1. The van der Waals surface area contributed by atoms with Gasteiger partial charge in [-0.25, -0.2) is 9.18 Å². The van der Waals surface area contributed by atoms with E-state index in [0.29, 0.717) is 19.4 Å². The molecular weight excluding hydrogens is 275 g/mol. The molecule has 0 spiro atoms. The van der Waals surface area contributed by atoms with E-state index in [1.165, 1.54) is 23.1 Å². The zero-order chi connectivity index (χ0) is 15.8. The van der Waals surface area contributed by atoms with Gasteiger partial charge in [-0.3, -0.25) is 4.79 Å². The molecule has 0 bridgehead atoms. The Morgan fingerprint density at radius 1 is 1.43 bits per heavy atom. The Morgan fingerprint density at radius 3 is 2.71 bits per heavy atom. The predicted octanol–water partition coefficient (Wildman–Crippen LogP) is 2.12. The topological polar surface area (TPSA) is 83.6 Å². The molecule has 0 aliphatic carbocycles. The summed E-state index contributed by atoms with van der Waals surface area (Å²) in [5.41, 5.74) is 4.84. The molecule has 1 saturated heterocycles. The van der Waals surface area contributed by atoms with Crippen LogP contribution in [0.5, 0.6) is 0 Å². The summed E-state index contributed by atoms with van der Waals surface area (Å²) in [5.74, 6) is -2.26. The van der Waals surface area contributed by atoms with E-state index in [0.717, 1.165) is 0 Å². The molecular formula is C15H19FN2O3. The van der Waals surface area contributed by atoms with Crippen molar-refractivity contribution in [3.05, 3.63) is 29.6 Å². The lowest BCUT2D eigenvalue weighted by Gasteiger charge is -2.44. The molecule has 21 heavy (non-hydrogen) atoms. The number of benzene rings is 1. The van der Waals surface area contributed by atoms with Crippen LogP contribution in [0.1, 0.15) is 37.0 Å². The minimum atomic E-state index is -1.05. The van der Waals surface area contributed by atoms with Gasteiger partial charge in [0.05, 0.1) is 11.3 Å². The lowest BCUT2D eigenvalue weighted by molar-refractivity contribution is -0.148. The first kappa shape index (κ1) is 15.3. The summed E-state index contributed by atoms with van der Waals surface area (Å²) in [7, 11) is 0. The zero-order valence-electron chi connectivity index (χ0n) is 12.1. The number of amides is 1. The lowest BCUT2D eigenvalue weighted by Crippen LogP contribution is -2.56. The second-order valence-electron chi connectivity index (χ2n) is 6.03. The Kier molecular flexibility index (Phi) is 3.89. The molecule has 1 unspecified atom stereocenters. The number of carboxylic acid groups (broad SMARTS) is 1. The normalized spacial score (nSPS) is 21.1. The van der Waals surface area contributed by atoms with Crippen LogP contribution < -0.4 is 5.73 Å². The highest BCUT2D eigenvalue weighted by Crippen LogP contribution is 2.36. The number of para-hydroxylation sites is 1. The first-order valence-electron chi connectivity index (χ1n) is 6.83. The summed E-state index contributed by atoms with van der Waals surface area (Å²) in [5, 5.41) is 9.46. The van der Waals surface area contributed by atoms with Crippen LogP contribution in [-0.2, 0) is 4.79 Å². The van der Waals surface area contributed by atoms with Crippen molar-refractivity contribution >= 4 is 17.6 Å². The summed E-state index contributed by atoms with van der Waals surface area (Å²) >= 11 is 0. The third-order valence-corrected chi connectivity index (χ3v) is 4.05. The van der Waals surface area contributed by atoms with Crippen LogP contribution in [0.25, 0.3) is 0 Å². The quantitative estimate of drug-likeness (QED) is 0.818. The van der Waals surface area contributed by atoms with E-state index in [1.54, 1.807) is 0 Å².